The summed E-state index contributed by atoms with van der Waals surface area (Å²) in [5.41, 5.74) is 10.1. The first kappa shape index (κ1) is 41.7. The van der Waals surface area contributed by atoms with Crippen LogP contribution in [0.5, 0.6) is 5.75 Å². The molecule has 0 radical (unpaired) electrons. The maximum atomic E-state index is 14.1. The lowest BCUT2D eigenvalue weighted by Crippen LogP contribution is -2.45. The Morgan fingerprint density at radius 3 is 2.50 bits per heavy atom. The molecule has 0 aliphatic heterocycles. The number of hydrazone groups is 1. The van der Waals surface area contributed by atoms with Crippen LogP contribution in [0.25, 0.3) is 0 Å². The van der Waals surface area contributed by atoms with Crippen molar-refractivity contribution < 1.29 is 18.7 Å². The number of rotatable bonds is 18. The summed E-state index contributed by atoms with van der Waals surface area (Å²) in [5.74, 6) is 0.432. The number of halogens is 1. The highest BCUT2D eigenvalue weighted by atomic mass is 19.1. The first-order valence-corrected chi connectivity index (χ1v) is 15.6. The van der Waals surface area contributed by atoms with Gasteiger partial charge in [0.2, 0.25) is 11.8 Å². The van der Waals surface area contributed by atoms with Crippen LogP contribution in [0.4, 0.5) is 4.39 Å². The largest absolute Gasteiger partial charge is 0.496 e. The smallest absolute Gasteiger partial charge is 0.241 e. The predicted molar refractivity (Wildman–Crippen MR) is 190 cm³/mol. The molecule has 9 nitrogen and oxygen atoms in total. The molecule has 0 heterocycles. The van der Waals surface area contributed by atoms with E-state index in [4.69, 9.17) is 10.5 Å². The zero-order chi connectivity index (χ0) is 34.9. The van der Waals surface area contributed by atoms with E-state index in [1.807, 2.05) is 50.9 Å². The number of nitrogens with zero attached hydrogens (tertiary/aromatic N) is 3. The van der Waals surface area contributed by atoms with Crippen LogP contribution in [-0.4, -0.2) is 60.9 Å². The van der Waals surface area contributed by atoms with Gasteiger partial charge in [0.05, 0.1) is 24.9 Å². The van der Waals surface area contributed by atoms with Crippen molar-refractivity contribution in [2.75, 3.05) is 20.7 Å². The van der Waals surface area contributed by atoms with Gasteiger partial charge in [-0.05, 0) is 83.4 Å². The predicted octanol–water partition coefficient (Wildman–Crippen LogP) is 6.25. The molecule has 0 aromatic heterocycles. The van der Waals surface area contributed by atoms with Crippen molar-refractivity contribution in [3.8, 4) is 5.75 Å². The van der Waals surface area contributed by atoms with Crippen molar-refractivity contribution in [2.45, 2.75) is 78.4 Å². The molecule has 0 bridgehead atoms. The number of carbonyl (C=O) groups excluding carboxylic acids is 2. The lowest BCUT2D eigenvalue weighted by Gasteiger charge is -2.27. The number of nitrogens with two attached hydrogens (primary N) is 1. The molecule has 4 N–H and O–H groups in total. The Labute approximate surface area is 275 Å². The zero-order valence-corrected chi connectivity index (χ0v) is 28.6. The Morgan fingerprint density at radius 1 is 1.24 bits per heavy atom. The summed E-state index contributed by atoms with van der Waals surface area (Å²) in [6, 6.07) is 4.61. The van der Waals surface area contributed by atoms with Crippen LogP contribution in [-0.2, 0) is 16.1 Å². The Morgan fingerprint density at radius 2 is 1.93 bits per heavy atom. The topological polar surface area (TPSA) is 121 Å². The third-order valence-electron chi connectivity index (χ3n) is 6.68. The molecular formula is C36H55FN6O3. The van der Waals surface area contributed by atoms with Gasteiger partial charge in [-0.15, -0.1) is 19.7 Å². The summed E-state index contributed by atoms with van der Waals surface area (Å²) in [6.07, 6.45) is 16.6. The number of carbonyl (C=O) groups is 2. The number of nitrogens with one attached hydrogen (secondary N) is 2. The van der Waals surface area contributed by atoms with E-state index in [1.165, 1.54) is 32.1 Å². The Bertz CT molecular complexity index is 1220. The lowest BCUT2D eigenvalue weighted by atomic mass is 10.1. The number of likely N-dealkylation sites (N-methyl/N-ethyl adjacent to an activating group) is 1. The van der Waals surface area contributed by atoms with Crippen molar-refractivity contribution in [3.05, 3.63) is 92.0 Å². The average Bonchev–Trinajstić information content (AvgIpc) is 3.89. The highest BCUT2D eigenvalue weighted by molar-refractivity contribution is 6.03. The molecule has 0 saturated heterocycles. The second-order valence-corrected chi connectivity index (χ2v) is 10.7. The molecular weight excluding hydrogens is 583 g/mol. The fourth-order valence-corrected chi connectivity index (χ4v) is 3.89. The number of hydrogen-bond acceptors (Lipinski definition) is 7. The van der Waals surface area contributed by atoms with Gasteiger partial charge in [0.25, 0.3) is 0 Å². The van der Waals surface area contributed by atoms with Gasteiger partial charge >= 0.3 is 0 Å². The minimum Gasteiger partial charge on any atom is -0.496 e. The summed E-state index contributed by atoms with van der Waals surface area (Å²) in [7, 11) is 3.40. The molecule has 254 valence electrons. The fraction of sp³-hybridized carbons (Fsp3) is 0.444. The molecule has 10 heteroatoms. The minimum atomic E-state index is -0.475. The van der Waals surface area contributed by atoms with Gasteiger partial charge in [-0.2, -0.15) is 5.10 Å². The monoisotopic (exact) mass is 638 g/mol. The molecule has 0 spiro atoms. The summed E-state index contributed by atoms with van der Waals surface area (Å²) >= 11 is 0. The Balaban J connectivity index is 0.000000840. The normalized spacial score (nSPS) is 14.7. The van der Waals surface area contributed by atoms with Gasteiger partial charge in [0.15, 0.2) is 0 Å². The highest BCUT2D eigenvalue weighted by Gasteiger charge is 2.27. The maximum Gasteiger partial charge on any atom is 0.241 e. The fourth-order valence-electron chi connectivity index (χ4n) is 3.89. The van der Waals surface area contributed by atoms with E-state index in [1.54, 1.807) is 30.5 Å². The third kappa shape index (κ3) is 18.5. The summed E-state index contributed by atoms with van der Waals surface area (Å²) in [4.78, 5) is 29.3. The summed E-state index contributed by atoms with van der Waals surface area (Å²) in [6.45, 7) is 18.6. The van der Waals surface area contributed by atoms with E-state index in [2.05, 4.69) is 47.5 Å². The van der Waals surface area contributed by atoms with Crippen LogP contribution in [0.15, 0.2) is 90.7 Å². The van der Waals surface area contributed by atoms with E-state index < -0.39 is 5.91 Å². The molecule has 1 fully saturated rings. The molecule has 1 aliphatic carbocycles. The second kappa shape index (κ2) is 24.9. The van der Waals surface area contributed by atoms with Crippen molar-refractivity contribution in [2.24, 2.45) is 21.7 Å². The number of primary amides is 1. The molecule has 1 aromatic rings. The number of hydrogen-bond donors (Lipinski definition) is 3. The van der Waals surface area contributed by atoms with Crippen LogP contribution in [0, 0.1) is 11.7 Å². The number of aliphatic imine (C=N–C) groups is 1. The van der Waals surface area contributed by atoms with Gasteiger partial charge in [0.1, 0.15) is 11.6 Å². The van der Waals surface area contributed by atoms with Gasteiger partial charge < -0.3 is 21.2 Å². The highest BCUT2D eigenvalue weighted by Crippen LogP contribution is 2.28. The molecule has 2 atom stereocenters. The standard InChI is InChI=1S/C18H27FN2O2.C16H24N4O.C2H4/c1-4-6-16(18(22)20-11-13-9-10-13)21(2)12-14-15(19)7-5-8-17(14)23-3;1-5-12-18-14(4)10-11-15(8-7-9-16(17)21)20-19-13(3)6-2;1-2/h5,7-8,13,16H,4,6,9-12H2,1-3H3,(H,20,22);5-7,9-13,19H,2,8H2,1,3-4H3,(H2,17,21);1-2H2/b;9-7+,11-10+,12-5-,18-14-,20-15+;. The van der Waals surface area contributed by atoms with Gasteiger partial charge in [-0.25, -0.2) is 4.39 Å². The van der Waals surface area contributed by atoms with E-state index in [0.29, 0.717) is 30.2 Å². The third-order valence-corrected chi connectivity index (χ3v) is 6.68. The van der Waals surface area contributed by atoms with Gasteiger partial charge in [0, 0.05) is 37.0 Å². The van der Waals surface area contributed by atoms with E-state index >= 15 is 0 Å². The number of allylic oxidation sites excluding steroid dienone is 4. The Hall–Kier alpha value is -4.31. The van der Waals surface area contributed by atoms with E-state index in [-0.39, 0.29) is 23.8 Å². The molecule has 2 unspecified atom stereocenters. The van der Waals surface area contributed by atoms with Crippen LogP contribution < -0.4 is 21.2 Å². The van der Waals surface area contributed by atoms with Crippen molar-refractivity contribution in [3.63, 3.8) is 0 Å². The van der Waals surface area contributed by atoms with E-state index in [9.17, 15) is 14.0 Å². The molecule has 1 aliphatic rings. The molecule has 1 saturated carbocycles. The lowest BCUT2D eigenvalue weighted by molar-refractivity contribution is -0.126. The Kier molecular flexibility index (Phi) is 22.6. The first-order valence-electron chi connectivity index (χ1n) is 15.6. The van der Waals surface area contributed by atoms with Crippen molar-refractivity contribution in [1.82, 2.24) is 15.6 Å². The van der Waals surface area contributed by atoms with Crippen LogP contribution in [0.3, 0.4) is 0 Å². The molecule has 2 rings (SSSR count). The minimum absolute atomic E-state index is 0.0385. The number of amides is 2. The maximum absolute atomic E-state index is 14.1. The van der Waals surface area contributed by atoms with Gasteiger partial charge in [-0.1, -0.05) is 37.6 Å². The van der Waals surface area contributed by atoms with Crippen LogP contribution >= 0.6 is 0 Å². The number of ether oxygens (including phenoxy) is 1. The quantitative estimate of drug-likeness (QED) is 0.0760. The first-order chi connectivity index (χ1) is 22.1. The summed E-state index contributed by atoms with van der Waals surface area (Å²) < 4.78 is 19.4. The van der Waals surface area contributed by atoms with Gasteiger partial charge in [-0.3, -0.25) is 19.5 Å². The molecule has 46 heavy (non-hydrogen) atoms. The molecule has 1 aromatic carbocycles. The van der Waals surface area contributed by atoms with Crippen molar-refractivity contribution >= 4 is 23.2 Å². The van der Waals surface area contributed by atoms with Crippen molar-refractivity contribution in [1.29, 1.82) is 0 Å². The summed E-state index contributed by atoms with van der Waals surface area (Å²) in [5, 5.41) is 7.31. The second-order valence-electron chi connectivity index (χ2n) is 10.7. The number of methoxy groups -OCH3 is 1. The van der Waals surface area contributed by atoms with E-state index in [0.717, 1.165) is 30.8 Å². The SMILES string of the molecule is C=C.C=CC(C)N/N=C(/C=C/C(C)=N\C=C/C)C/C=C/C(N)=O.CCCC(C(=O)NCC1CC1)N(C)Cc1c(F)cccc1OC. The van der Waals surface area contributed by atoms with Crippen LogP contribution in [0.2, 0.25) is 0 Å². The molecule has 2 amide bonds. The number of benzene rings is 1. The van der Waals surface area contributed by atoms with Crippen LogP contribution in [0.1, 0.15) is 65.4 Å². The zero-order valence-electron chi connectivity index (χ0n) is 28.6. The average molecular weight is 639 g/mol.